The molecule has 0 spiro atoms. The Hall–Kier alpha value is -1.89. The highest BCUT2D eigenvalue weighted by atomic mass is 32.2. The van der Waals surface area contributed by atoms with E-state index in [0.717, 1.165) is 24.5 Å². The lowest BCUT2D eigenvalue weighted by molar-refractivity contribution is 0.306. The van der Waals surface area contributed by atoms with E-state index in [9.17, 15) is 0 Å². The summed E-state index contributed by atoms with van der Waals surface area (Å²) >= 11 is 1.89. The maximum atomic E-state index is 6.04. The van der Waals surface area contributed by atoms with Crippen molar-refractivity contribution in [1.29, 1.82) is 0 Å². The van der Waals surface area contributed by atoms with Crippen molar-refractivity contribution < 1.29 is 4.74 Å². The number of unbranched alkanes of at least 4 members (excludes halogenated alkanes) is 2. The number of aliphatic imine (C=N–C) groups is 2. The molecule has 1 aliphatic rings. The number of thioether (sulfide) groups is 1. The lowest BCUT2D eigenvalue weighted by Gasteiger charge is -2.38. The van der Waals surface area contributed by atoms with Crippen molar-refractivity contribution in [3.63, 3.8) is 0 Å². The Bertz CT molecular complexity index is 598. The fraction of sp³-hybridized carbons (Fsp3) is 0.529. The van der Waals surface area contributed by atoms with Gasteiger partial charge in [-0.2, -0.15) is 16.8 Å². The van der Waals surface area contributed by atoms with E-state index >= 15 is 0 Å². The van der Waals surface area contributed by atoms with E-state index in [0.29, 0.717) is 5.96 Å². The summed E-state index contributed by atoms with van der Waals surface area (Å²) in [7, 11) is 0. The largest absolute Gasteiger partial charge is 0.494 e. The van der Waals surface area contributed by atoms with Gasteiger partial charge in [0.1, 0.15) is 11.4 Å². The van der Waals surface area contributed by atoms with Crippen molar-refractivity contribution in [2.45, 2.75) is 38.8 Å². The van der Waals surface area contributed by atoms with Gasteiger partial charge in [0, 0.05) is 5.69 Å². The van der Waals surface area contributed by atoms with Gasteiger partial charge in [-0.15, -0.1) is 0 Å². The highest BCUT2D eigenvalue weighted by molar-refractivity contribution is 7.98. The zero-order valence-electron chi connectivity index (χ0n) is 14.7. The van der Waals surface area contributed by atoms with E-state index in [1.54, 1.807) is 0 Å². The maximum Gasteiger partial charge on any atom is 0.220 e. The Morgan fingerprint density at radius 2 is 1.83 bits per heavy atom. The fourth-order valence-electron chi connectivity index (χ4n) is 2.66. The molecule has 0 atom stereocenters. The molecule has 0 radical (unpaired) electrons. The van der Waals surface area contributed by atoms with Gasteiger partial charge >= 0.3 is 0 Å². The molecule has 1 aromatic carbocycles. The second kappa shape index (κ2) is 8.28. The number of ether oxygens (including phenoxy) is 1. The molecule has 1 aliphatic heterocycles. The van der Waals surface area contributed by atoms with Crippen molar-refractivity contribution in [2.75, 3.05) is 23.5 Å². The molecule has 0 aromatic heterocycles. The van der Waals surface area contributed by atoms with Gasteiger partial charge in [-0.05, 0) is 69.4 Å². The van der Waals surface area contributed by atoms with Crippen molar-refractivity contribution >= 4 is 29.4 Å². The van der Waals surface area contributed by atoms with Gasteiger partial charge in [0.15, 0.2) is 0 Å². The molecule has 0 bridgehead atoms. The van der Waals surface area contributed by atoms with E-state index in [1.807, 2.05) is 54.8 Å². The van der Waals surface area contributed by atoms with Crippen LogP contribution in [0, 0.1) is 0 Å². The Labute approximate surface area is 148 Å². The van der Waals surface area contributed by atoms with Crippen LogP contribution in [0.4, 0.5) is 5.69 Å². The predicted octanol–water partition coefficient (Wildman–Crippen LogP) is 2.78. The quantitative estimate of drug-likeness (QED) is 0.705. The minimum atomic E-state index is -0.574. The van der Waals surface area contributed by atoms with Crippen LogP contribution in [0.3, 0.4) is 0 Å². The molecule has 6 nitrogen and oxygen atoms in total. The van der Waals surface area contributed by atoms with Gasteiger partial charge in [-0.25, -0.2) is 4.99 Å². The summed E-state index contributed by atoms with van der Waals surface area (Å²) in [6.45, 7) is 4.63. The molecule has 1 heterocycles. The van der Waals surface area contributed by atoms with Crippen LogP contribution in [0.1, 0.15) is 33.1 Å². The lowest BCUT2D eigenvalue weighted by atomic mass is 10.1. The van der Waals surface area contributed by atoms with Gasteiger partial charge in [0.25, 0.3) is 0 Å². The Kier molecular flexibility index (Phi) is 6.36. The molecule has 0 fully saturated rings. The summed E-state index contributed by atoms with van der Waals surface area (Å²) in [4.78, 5) is 10.3. The molecule has 0 saturated carbocycles. The van der Waals surface area contributed by atoms with Crippen LogP contribution in [0.15, 0.2) is 34.3 Å². The van der Waals surface area contributed by atoms with E-state index < -0.39 is 5.66 Å². The molecule has 4 N–H and O–H groups in total. The zero-order chi connectivity index (χ0) is 17.6. The fourth-order valence-corrected chi connectivity index (χ4v) is 3.15. The minimum Gasteiger partial charge on any atom is -0.494 e. The number of nitrogens with zero attached hydrogens (tertiary/aromatic N) is 3. The van der Waals surface area contributed by atoms with Crippen LogP contribution in [-0.4, -0.2) is 36.2 Å². The third-order valence-electron chi connectivity index (χ3n) is 3.75. The van der Waals surface area contributed by atoms with Crippen LogP contribution in [-0.2, 0) is 0 Å². The topological polar surface area (TPSA) is 89.2 Å². The van der Waals surface area contributed by atoms with Crippen molar-refractivity contribution in [2.24, 2.45) is 21.5 Å². The van der Waals surface area contributed by atoms with E-state index in [2.05, 4.69) is 16.2 Å². The molecule has 0 aliphatic carbocycles. The molecule has 0 amide bonds. The van der Waals surface area contributed by atoms with E-state index in [1.165, 1.54) is 18.6 Å². The smallest absolute Gasteiger partial charge is 0.220 e. The Morgan fingerprint density at radius 1 is 1.12 bits per heavy atom. The standard InChI is InChI=1S/C17H27N5OS/c1-17(2)21-15(18)20-16(19)22(17)13-7-9-14(10-8-13)23-11-5-4-6-12-24-3/h7-10H,4-6,11-12H2,1-3H3,(H4,18,19,20,21). The summed E-state index contributed by atoms with van der Waals surface area (Å²) in [6, 6.07) is 7.82. The van der Waals surface area contributed by atoms with Gasteiger partial charge in [0.2, 0.25) is 11.9 Å². The number of nitrogens with two attached hydrogens (primary N) is 2. The van der Waals surface area contributed by atoms with E-state index in [-0.39, 0.29) is 5.96 Å². The van der Waals surface area contributed by atoms with Crippen molar-refractivity contribution in [1.82, 2.24) is 0 Å². The number of hydrogen-bond acceptors (Lipinski definition) is 7. The van der Waals surface area contributed by atoms with Gasteiger partial charge in [-0.1, -0.05) is 0 Å². The molecular formula is C17H27N5OS. The number of rotatable bonds is 8. The van der Waals surface area contributed by atoms with Gasteiger partial charge < -0.3 is 16.2 Å². The molecule has 0 unspecified atom stereocenters. The minimum absolute atomic E-state index is 0.204. The molecular weight excluding hydrogens is 322 g/mol. The number of anilines is 1. The van der Waals surface area contributed by atoms with Crippen LogP contribution in [0.2, 0.25) is 0 Å². The molecule has 1 aromatic rings. The average molecular weight is 350 g/mol. The SMILES string of the molecule is CSCCCCCOc1ccc(N2C(N)=NC(N)=NC2(C)C)cc1. The Morgan fingerprint density at radius 3 is 2.46 bits per heavy atom. The third kappa shape index (κ3) is 4.80. The van der Waals surface area contributed by atoms with Gasteiger partial charge in [0.05, 0.1) is 6.61 Å². The highest BCUT2D eigenvalue weighted by Crippen LogP contribution is 2.28. The zero-order valence-corrected chi connectivity index (χ0v) is 15.5. The van der Waals surface area contributed by atoms with Crippen LogP contribution in [0.5, 0.6) is 5.75 Å². The second-order valence-corrected chi connectivity index (χ2v) is 7.15. The molecule has 132 valence electrons. The summed E-state index contributed by atoms with van der Waals surface area (Å²) < 4.78 is 5.79. The first-order chi connectivity index (χ1) is 11.4. The second-order valence-electron chi connectivity index (χ2n) is 6.17. The first-order valence-electron chi connectivity index (χ1n) is 8.15. The van der Waals surface area contributed by atoms with Crippen LogP contribution >= 0.6 is 11.8 Å². The number of guanidine groups is 2. The van der Waals surface area contributed by atoms with E-state index in [4.69, 9.17) is 16.2 Å². The molecule has 2 rings (SSSR count). The number of hydrogen-bond donors (Lipinski definition) is 2. The monoisotopic (exact) mass is 349 g/mol. The summed E-state index contributed by atoms with van der Waals surface area (Å²) in [5, 5.41) is 0. The summed E-state index contributed by atoms with van der Waals surface area (Å²) in [6.07, 6.45) is 5.66. The summed E-state index contributed by atoms with van der Waals surface area (Å²) in [5.74, 6) is 2.62. The van der Waals surface area contributed by atoms with Crippen LogP contribution < -0.4 is 21.1 Å². The third-order valence-corrected chi connectivity index (χ3v) is 4.45. The summed E-state index contributed by atoms with van der Waals surface area (Å²) in [5.41, 5.74) is 12.1. The van der Waals surface area contributed by atoms with Crippen LogP contribution in [0.25, 0.3) is 0 Å². The molecule has 7 heteroatoms. The molecule has 24 heavy (non-hydrogen) atoms. The average Bonchev–Trinajstić information content (AvgIpc) is 2.50. The number of benzene rings is 1. The first kappa shape index (κ1) is 18.4. The predicted molar refractivity (Wildman–Crippen MR) is 104 cm³/mol. The maximum absolute atomic E-state index is 6.04. The Balaban J connectivity index is 1.93. The lowest BCUT2D eigenvalue weighted by Crippen LogP contribution is -2.54. The normalized spacial score (nSPS) is 16.5. The molecule has 0 saturated heterocycles. The van der Waals surface area contributed by atoms with Crippen molar-refractivity contribution in [3.8, 4) is 5.75 Å². The highest BCUT2D eigenvalue weighted by Gasteiger charge is 2.32. The van der Waals surface area contributed by atoms with Crippen molar-refractivity contribution in [3.05, 3.63) is 24.3 Å². The first-order valence-corrected chi connectivity index (χ1v) is 9.55. The van der Waals surface area contributed by atoms with Gasteiger partial charge in [-0.3, -0.25) is 4.90 Å².